The van der Waals surface area contributed by atoms with Gasteiger partial charge in [-0.15, -0.1) is 6.42 Å². The van der Waals surface area contributed by atoms with E-state index in [-0.39, 0.29) is 6.61 Å². The van der Waals surface area contributed by atoms with Gasteiger partial charge in [0.25, 0.3) is 0 Å². The van der Waals surface area contributed by atoms with Crippen molar-refractivity contribution in [3.05, 3.63) is 22.7 Å². The van der Waals surface area contributed by atoms with Crippen LogP contribution in [0.3, 0.4) is 0 Å². The molecule has 0 saturated heterocycles. The maximum absolute atomic E-state index is 8.94. The summed E-state index contributed by atoms with van der Waals surface area (Å²) in [5.41, 5.74) is 0.311. The van der Waals surface area contributed by atoms with Crippen LogP contribution in [0.5, 0.6) is 11.5 Å². The molecule has 3 nitrogen and oxygen atoms in total. The van der Waals surface area contributed by atoms with Crippen LogP contribution >= 0.6 is 11.6 Å². The molecule has 4 heteroatoms. The zero-order valence-corrected chi connectivity index (χ0v) is 9.54. The monoisotopic (exact) mass is 235 g/mol. The molecule has 0 spiro atoms. The van der Waals surface area contributed by atoms with Crippen molar-refractivity contribution in [1.82, 2.24) is 0 Å². The minimum absolute atomic E-state index is 0.0797. The first-order valence-electron chi connectivity index (χ1n) is 4.65. The fraction of sp³-hybridized carbons (Fsp3) is 0.250. The first-order chi connectivity index (χ1) is 7.72. The van der Waals surface area contributed by atoms with E-state index in [9.17, 15) is 0 Å². The minimum Gasteiger partial charge on any atom is -0.490 e. The Kier molecular flexibility index (Phi) is 4.51. The van der Waals surface area contributed by atoms with E-state index in [0.29, 0.717) is 28.7 Å². The lowest BCUT2D eigenvalue weighted by atomic mass is 10.2. The van der Waals surface area contributed by atoms with Crippen LogP contribution in [-0.2, 0) is 0 Å². The van der Waals surface area contributed by atoms with E-state index in [1.807, 2.05) is 13.0 Å². The molecule has 0 atom stereocenters. The van der Waals surface area contributed by atoms with Gasteiger partial charge in [0.05, 0.1) is 12.2 Å². The first-order valence-corrected chi connectivity index (χ1v) is 5.03. The highest BCUT2D eigenvalue weighted by atomic mass is 35.5. The van der Waals surface area contributed by atoms with Crippen LogP contribution < -0.4 is 9.47 Å². The van der Waals surface area contributed by atoms with Crippen molar-refractivity contribution in [2.24, 2.45) is 0 Å². The third kappa shape index (κ3) is 2.82. The fourth-order valence-corrected chi connectivity index (χ4v) is 1.39. The van der Waals surface area contributed by atoms with Crippen molar-refractivity contribution in [2.45, 2.75) is 6.92 Å². The van der Waals surface area contributed by atoms with Gasteiger partial charge in [-0.25, -0.2) is 0 Å². The summed E-state index contributed by atoms with van der Waals surface area (Å²) >= 11 is 5.84. The molecule has 0 aliphatic heterocycles. The number of terminal acetylenes is 1. The molecule has 1 rings (SSSR count). The standard InChI is InChI=1S/C12H10ClNO2/c1-3-5-16-12-9(8-14)6-10(13)7-11(12)15-4-2/h1,6-7H,4-5H2,2H3. The largest absolute Gasteiger partial charge is 0.490 e. The summed E-state index contributed by atoms with van der Waals surface area (Å²) < 4.78 is 10.6. The summed E-state index contributed by atoms with van der Waals surface area (Å²) in [6.07, 6.45) is 5.10. The molecule has 82 valence electrons. The quantitative estimate of drug-likeness (QED) is 0.754. The van der Waals surface area contributed by atoms with Gasteiger partial charge < -0.3 is 9.47 Å². The second kappa shape index (κ2) is 5.90. The molecule has 0 bridgehead atoms. The normalized spacial score (nSPS) is 9.00. The fourth-order valence-electron chi connectivity index (χ4n) is 1.18. The third-order valence-corrected chi connectivity index (χ3v) is 1.96. The van der Waals surface area contributed by atoms with E-state index >= 15 is 0 Å². The van der Waals surface area contributed by atoms with Crippen LogP contribution in [0.4, 0.5) is 0 Å². The van der Waals surface area contributed by atoms with E-state index in [2.05, 4.69) is 5.92 Å². The third-order valence-electron chi connectivity index (χ3n) is 1.74. The number of ether oxygens (including phenoxy) is 2. The molecule has 1 aromatic rings. The van der Waals surface area contributed by atoms with E-state index in [1.54, 1.807) is 6.07 Å². The van der Waals surface area contributed by atoms with Crippen LogP contribution in [-0.4, -0.2) is 13.2 Å². The Labute approximate surface area is 99.5 Å². The van der Waals surface area contributed by atoms with Crippen LogP contribution in [0.2, 0.25) is 5.02 Å². The number of halogens is 1. The molecule has 0 saturated carbocycles. The topological polar surface area (TPSA) is 42.2 Å². The van der Waals surface area contributed by atoms with Gasteiger partial charge in [0, 0.05) is 11.1 Å². The van der Waals surface area contributed by atoms with Crippen molar-refractivity contribution in [3.8, 4) is 29.9 Å². The smallest absolute Gasteiger partial charge is 0.180 e. The molecule has 0 heterocycles. The molecule has 1 aromatic carbocycles. The lowest BCUT2D eigenvalue weighted by molar-refractivity contribution is 0.299. The van der Waals surface area contributed by atoms with Gasteiger partial charge in [0.15, 0.2) is 11.5 Å². The van der Waals surface area contributed by atoms with E-state index in [4.69, 9.17) is 32.8 Å². The number of nitrogens with zero attached hydrogens (tertiary/aromatic N) is 1. The molecule has 0 unspecified atom stereocenters. The highest BCUT2D eigenvalue weighted by Crippen LogP contribution is 2.34. The van der Waals surface area contributed by atoms with Gasteiger partial charge in [0.1, 0.15) is 12.7 Å². The molecule has 0 amide bonds. The Morgan fingerprint density at radius 3 is 2.75 bits per heavy atom. The Bertz CT molecular complexity index is 457. The van der Waals surface area contributed by atoms with Crippen molar-refractivity contribution < 1.29 is 9.47 Å². The second-order valence-electron chi connectivity index (χ2n) is 2.82. The Morgan fingerprint density at radius 2 is 2.19 bits per heavy atom. The Balaban J connectivity index is 3.18. The van der Waals surface area contributed by atoms with Crippen LogP contribution in [0.15, 0.2) is 12.1 Å². The number of benzene rings is 1. The Morgan fingerprint density at radius 1 is 1.44 bits per heavy atom. The molecule has 0 N–H and O–H groups in total. The van der Waals surface area contributed by atoms with Gasteiger partial charge >= 0.3 is 0 Å². The lowest BCUT2D eigenvalue weighted by Gasteiger charge is -2.11. The van der Waals surface area contributed by atoms with Gasteiger partial charge in [-0.1, -0.05) is 17.5 Å². The zero-order chi connectivity index (χ0) is 12.0. The van der Waals surface area contributed by atoms with Gasteiger partial charge in [0.2, 0.25) is 0 Å². The van der Waals surface area contributed by atoms with Crippen LogP contribution in [0.25, 0.3) is 0 Å². The van der Waals surface area contributed by atoms with Crippen LogP contribution in [0.1, 0.15) is 12.5 Å². The van der Waals surface area contributed by atoms with Crippen molar-refractivity contribution in [2.75, 3.05) is 13.2 Å². The van der Waals surface area contributed by atoms with E-state index < -0.39 is 0 Å². The van der Waals surface area contributed by atoms with E-state index in [0.717, 1.165) is 0 Å². The Hall–Kier alpha value is -1.84. The van der Waals surface area contributed by atoms with Gasteiger partial charge in [-0.3, -0.25) is 0 Å². The average Bonchev–Trinajstić information content (AvgIpc) is 2.27. The highest BCUT2D eigenvalue weighted by molar-refractivity contribution is 6.30. The van der Waals surface area contributed by atoms with E-state index in [1.165, 1.54) is 6.07 Å². The number of rotatable bonds is 4. The zero-order valence-electron chi connectivity index (χ0n) is 8.79. The molecule has 0 aliphatic carbocycles. The lowest BCUT2D eigenvalue weighted by Crippen LogP contribution is -2.01. The summed E-state index contributed by atoms with van der Waals surface area (Å²) in [4.78, 5) is 0. The maximum atomic E-state index is 8.94. The molecular formula is C12H10ClNO2. The predicted octanol–water partition coefficient (Wildman–Crippen LogP) is 2.62. The summed E-state index contributed by atoms with van der Waals surface area (Å²) in [6, 6.07) is 5.09. The maximum Gasteiger partial charge on any atom is 0.180 e. The minimum atomic E-state index is 0.0797. The molecule has 0 fully saturated rings. The highest BCUT2D eigenvalue weighted by Gasteiger charge is 2.12. The predicted molar refractivity (Wildman–Crippen MR) is 61.7 cm³/mol. The van der Waals surface area contributed by atoms with Gasteiger partial charge in [-0.2, -0.15) is 5.26 Å². The van der Waals surface area contributed by atoms with Crippen LogP contribution in [0, 0.1) is 23.7 Å². The summed E-state index contributed by atoms with van der Waals surface area (Å²) in [7, 11) is 0. The summed E-state index contributed by atoms with van der Waals surface area (Å²) in [5.74, 6) is 3.10. The van der Waals surface area contributed by atoms with Crippen molar-refractivity contribution in [1.29, 1.82) is 5.26 Å². The number of nitriles is 1. The molecule has 0 aromatic heterocycles. The second-order valence-corrected chi connectivity index (χ2v) is 3.25. The average molecular weight is 236 g/mol. The molecule has 0 radical (unpaired) electrons. The SMILES string of the molecule is C#CCOc1c(C#N)cc(Cl)cc1OCC. The van der Waals surface area contributed by atoms with Crippen molar-refractivity contribution in [3.63, 3.8) is 0 Å². The van der Waals surface area contributed by atoms with Crippen molar-refractivity contribution >= 4 is 11.6 Å². The molecule has 16 heavy (non-hydrogen) atoms. The summed E-state index contributed by atoms with van der Waals surface area (Å²) in [6.45, 7) is 2.37. The first kappa shape index (κ1) is 12.2. The number of hydrogen-bond donors (Lipinski definition) is 0. The number of hydrogen-bond acceptors (Lipinski definition) is 3. The molecular weight excluding hydrogens is 226 g/mol. The summed E-state index contributed by atoms with van der Waals surface area (Å²) in [5, 5.41) is 9.36. The molecule has 0 aliphatic rings. The van der Waals surface area contributed by atoms with Gasteiger partial charge in [-0.05, 0) is 13.0 Å².